The lowest BCUT2D eigenvalue weighted by atomic mass is 9.65. The van der Waals surface area contributed by atoms with Crippen molar-refractivity contribution in [2.24, 2.45) is 5.41 Å². The number of cyclic esters (lactones) is 1. The minimum absolute atomic E-state index is 0.0366. The maximum Gasteiger partial charge on any atom is 0.416 e. The van der Waals surface area contributed by atoms with Crippen LogP contribution in [0.15, 0.2) is 10.6 Å². The van der Waals surface area contributed by atoms with Crippen LogP contribution in [0, 0.1) is 22.6 Å². The molecule has 2 N–H and O–H groups in total. The van der Waals surface area contributed by atoms with E-state index in [0.717, 1.165) is 0 Å². The van der Waals surface area contributed by atoms with E-state index in [2.05, 4.69) is 21.9 Å². The van der Waals surface area contributed by atoms with Gasteiger partial charge >= 0.3 is 12.1 Å². The first-order valence-corrected chi connectivity index (χ1v) is 12.2. The van der Waals surface area contributed by atoms with E-state index in [4.69, 9.17) is 9.26 Å². The van der Waals surface area contributed by atoms with E-state index in [-0.39, 0.29) is 60.7 Å². The summed E-state index contributed by atoms with van der Waals surface area (Å²) in [6.07, 6.45) is -0.881. The molecule has 13 nitrogen and oxygen atoms in total. The molecule has 1 aromatic heterocycles. The Bertz CT molecular complexity index is 1450. The van der Waals surface area contributed by atoms with Crippen LogP contribution in [0.25, 0.3) is 11.0 Å². The minimum Gasteiger partial charge on any atom is -0.447 e. The van der Waals surface area contributed by atoms with Crippen LogP contribution in [0.1, 0.15) is 26.3 Å². The SMILES string of the molecule is C[C@@H]1CN2c3c(cc4c(N5C(=O)OC[C@@H]5C)noc4c3F)CC3(C(=O)NC(=O)NC3=O)[C@H]2[C@H](C)N1CC#N. The summed E-state index contributed by atoms with van der Waals surface area (Å²) in [5.74, 6) is -2.26. The number of anilines is 2. The number of amides is 5. The average Bonchev–Trinajstić information content (AvgIpc) is 3.41. The van der Waals surface area contributed by atoms with Gasteiger partial charge in [0.25, 0.3) is 0 Å². The number of hydrogen-bond donors (Lipinski definition) is 2. The first kappa shape index (κ1) is 24.1. The number of piperazine rings is 1. The van der Waals surface area contributed by atoms with Crippen molar-refractivity contribution in [2.45, 2.75) is 51.4 Å². The Hall–Kier alpha value is -4.25. The molecular weight excluding hydrogens is 501 g/mol. The summed E-state index contributed by atoms with van der Waals surface area (Å²) in [6, 6.07) is 0.699. The fourth-order valence-electron chi connectivity index (χ4n) is 6.53. The summed E-state index contributed by atoms with van der Waals surface area (Å²) < 4.78 is 26.8. The van der Waals surface area contributed by atoms with Gasteiger partial charge in [0.05, 0.1) is 35.8 Å². The number of aromatic nitrogens is 1. The maximum atomic E-state index is 16.3. The number of carbonyl (C=O) groups excluding carboxylic acids is 4. The van der Waals surface area contributed by atoms with Crippen molar-refractivity contribution in [3.05, 3.63) is 17.4 Å². The number of imide groups is 2. The number of benzene rings is 1. The molecule has 5 amide bonds. The number of nitrogens with one attached hydrogen (secondary N) is 2. The highest BCUT2D eigenvalue weighted by Crippen LogP contribution is 2.50. The summed E-state index contributed by atoms with van der Waals surface area (Å²) in [4.78, 5) is 56.2. The summed E-state index contributed by atoms with van der Waals surface area (Å²) in [7, 11) is 0. The van der Waals surface area contributed by atoms with E-state index < -0.39 is 47.3 Å². The second kappa shape index (κ2) is 8.12. The number of nitriles is 1. The van der Waals surface area contributed by atoms with Gasteiger partial charge in [-0.25, -0.2) is 14.0 Å². The minimum atomic E-state index is -1.80. The van der Waals surface area contributed by atoms with Crippen LogP contribution >= 0.6 is 0 Å². The number of hydrogen-bond acceptors (Lipinski definition) is 10. The van der Waals surface area contributed by atoms with E-state index in [1.54, 1.807) is 24.8 Å². The van der Waals surface area contributed by atoms with Crippen molar-refractivity contribution < 1.29 is 32.8 Å². The molecule has 4 aliphatic heterocycles. The molecule has 198 valence electrons. The Balaban J connectivity index is 1.58. The smallest absolute Gasteiger partial charge is 0.416 e. The second-order valence-electron chi connectivity index (χ2n) is 10.3. The number of nitrogens with zero attached hydrogens (tertiary/aromatic N) is 5. The first-order valence-electron chi connectivity index (χ1n) is 12.2. The molecule has 5 heterocycles. The Morgan fingerprint density at radius 1 is 1.18 bits per heavy atom. The largest absolute Gasteiger partial charge is 0.447 e. The van der Waals surface area contributed by atoms with Gasteiger partial charge in [-0.2, -0.15) is 5.26 Å². The molecule has 14 heteroatoms. The van der Waals surface area contributed by atoms with Gasteiger partial charge in [-0.1, -0.05) is 5.16 Å². The number of barbiturate groups is 1. The third-order valence-electron chi connectivity index (χ3n) is 8.17. The maximum absolute atomic E-state index is 16.3. The molecule has 0 bridgehead atoms. The topological polar surface area (TPSA) is 161 Å². The number of rotatable bonds is 2. The molecule has 38 heavy (non-hydrogen) atoms. The van der Waals surface area contributed by atoms with Crippen LogP contribution in [0.2, 0.25) is 0 Å². The van der Waals surface area contributed by atoms with Crippen LogP contribution in [0.4, 0.5) is 25.5 Å². The van der Waals surface area contributed by atoms with Crippen LogP contribution in [-0.2, 0) is 20.7 Å². The molecule has 6 rings (SSSR count). The number of fused-ring (bicyclic) bond motifs is 5. The highest BCUT2D eigenvalue weighted by molar-refractivity contribution is 6.20. The number of carbonyl (C=O) groups is 4. The standard InChI is InChI=1S/C24H24FN7O6/c1-10-8-31-16-13(6-14-17(15(16)25)38-29-19(14)32-11(2)9-37-23(32)36)7-24(18(31)12(3)30(10)5-4-26)20(33)27-22(35)28-21(24)34/h6,10-12,18H,5,7-9H2,1-3H3,(H2,27,28,33,34,35)/t10-,11+,12+,18-/m1/s1. The highest BCUT2D eigenvalue weighted by atomic mass is 19.1. The van der Waals surface area contributed by atoms with E-state index >= 15 is 4.39 Å². The lowest BCUT2D eigenvalue weighted by molar-refractivity contribution is -0.149. The fourth-order valence-corrected chi connectivity index (χ4v) is 6.53. The molecule has 0 unspecified atom stereocenters. The third kappa shape index (κ3) is 3.02. The Kier molecular flexibility index (Phi) is 5.15. The Morgan fingerprint density at radius 2 is 1.89 bits per heavy atom. The monoisotopic (exact) mass is 525 g/mol. The average molecular weight is 525 g/mol. The molecular formula is C24H24FN7O6. The molecule has 1 spiro atoms. The number of ether oxygens (including phenoxy) is 1. The molecule has 4 aliphatic rings. The Morgan fingerprint density at radius 3 is 2.53 bits per heavy atom. The van der Waals surface area contributed by atoms with Crippen molar-refractivity contribution in [3.8, 4) is 6.07 Å². The molecule has 0 radical (unpaired) electrons. The number of halogens is 1. The molecule has 4 atom stereocenters. The van der Waals surface area contributed by atoms with Crippen molar-refractivity contribution >= 4 is 46.4 Å². The molecule has 3 saturated heterocycles. The van der Waals surface area contributed by atoms with Gasteiger partial charge in [0.2, 0.25) is 17.4 Å². The van der Waals surface area contributed by atoms with Crippen molar-refractivity contribution in [2.75, 3.05) is 29.5 Å². The van der Waals surface area contributed by atoms with Crippen molar-refractivity contribution in [1.82, 2.24) is 20.7 Å². The second-order valence-corrected chi connectivity index (χ2v) is 10.3. The highest BCUT2D eigenvalue weighted by Gasteiger charge is 2.64. The predicted molar refractivity (Wildman–Crippen MR) is 127 cm³/mol. The van der Waals surface area contributed by atoms with Crippen LogP contribution in [0.3, 0.4) is 0 Å². The quantitative estimate of drug-likeness (QED) is 0.428. The van der Waals surface area contributed by atoms with Gasteiger partial charge in [0, 0.05) is 25.0 Å². The predicted octanol–water partition coefficient (Wildman–Crippen LogP) is 1.01. The van der Waals surface area contributed by atoms with Gasteiger partial charge in [-0.3, -0.25) is 30.0 Å². The van der Waals surface area contributed by atoms with Gasteiger partial charge in [-0.05, 0) is 32.4 Å². The first-order chi connectivity index (χ1) is 18.1. The number of urea groups is 1. The third-order valence-corrected chi connectivity index (χ3v) is 8.17. The zero-order chi connectivity index (χ0) is 27.1. The lowest BCUT2D eigenvalue weighted by Crippen LogP contribution is -2.77. The van der Waals surface area contributed by atoms with Gasteiger partial charge in [0.15, 0.2) is 17.1 Å². The van der Waals surface area contributed by atoms with E-state index in [9.17, 15) is 24.4 Å². The molecule has 1 aromatic carbocycles. The lowest BCUT2D eigenvalue weighted by Gasteiger charge is -2.58. The summed E-state index contributed by atoms with van der Waals surface area (Å²) in [5, 5.41) is 18.0. The van der Waals surface area contributed by atoms with Crippen LogP contribution in [-0.4, -0.2) is 77.9 Å². The van der Waals surface area contributed by atoms with Gasteiger partial charge in [0.1, 0.15) is 6.61 Å². The zero-order valence-electron chi connectivity index (χ0n) is 20.8. The van der Waals surface area contributed by atoms with Crippen molar-refractivity contribution in [3.63, 3.8) is 0 Å². The van der Waals surface area contributed by atoms with Crippen molar-refractivity contribution in [1.29, 1.82) is 5.26 Å². The summed E-state index contributed by atoms with van der Waals surface area (Å²) in [5.41, 5.74) is -1.50. The molecule has 3 fully saturated rings. The zero-order valence-corrected chi connectivity index (χ0v) is 20.8. The van der Waals surface area contributed by atoms with Crippen LogP contribution < -0.4 is 20.4 Å². The fraction of sp³-hybridized carbons (Fsp3) is 0.500. The summed E-state index contributed by atoms with van der Waals surface area (Å²) >= 11 is 0. The van der Waals surface area contributed by atoms with Gasteiger partial charge < -0.3 is 14.2 Å². The Labute approximate surface area is 215 Å². The molecule has 2 aromatic rings. The van der Waals surface area contributed by atoms with E-state index in [0.29, 0.717) is 5.56 Å². The van der Waals surface area contributed by atoms with Gasteiger partial charge in [-0.15, -0.1) is 0 Å². The van der Waals surface area contributed by atoms with E-state index in [1.807, 2.05) is 11.8 Å². The summed E-state index contributed by atoms with van der Waals surface area (Å²) in [6.45, 7) is 5.75. The molecule has 0 aliphatic carbocycles. The van der Waals surface area contributed by atoms with E-state index in [1.165, 1.54) is 4.90 Å². The molecule has 0 saturated carbocycles. The normalized spacial score (nSPS) is 28.6. The van der Waals surface area contributed by atoms with Crippen LogP contribution in [0.5, 0.6) is 0 Å².